The second-order valence-corrected chi connectivity index (χ2v) is 5.86. The third-order valence-corrected chi connectivity index (χ3v) is 4.76. The van der Waals surface area contributed by atoms with Crippen LogP contribution in [0.5, 0.6) is 0 Å². The van der Waals surface area contributed by atoms with Crippen molar-refractivity contribution in [3.05, 3.63) is 41.5 Å². The molecule has 2 aromatic rings. The van der Waals surface area contributed by atoms with Crippen molar-refractivity contribution in [2.24, 2.45) is 12.8 Å². The van der Waals surface area contributed by atoms with Gasteiger partial charge in [-0.05, 0) is 31.0 Å². The van der Waals surface area contributed by atoms with Crippen LogP contribution in [0, 0.1) is 12.7 Å². The molecule has 2 N–H and O–H groups in total. The summed E-state index contributed by atoms with van der Waals surface area (Å²) < 4.78 is 15.3. The maximum Gasteiger partial charge on any atom is 0.191 e. The minimum Gasteiger partial charge on any atom is -0.326 e. The molecule has 0 amide bonds. The van der Waals surface area contributed by atoms with Crippen molar-refractivity contribution in [3.8, 4) is 0 Å². The quantitative estimate of drug-likeness (QED) is 0.862. The third-order valence-electron chi connectivity index (χ3n) is 3.32. The fourth-order valence-electron chi connectivity index (χ4n) is 1.90. The molecule has 0 saturated heterocycles. The molecule has 1 aromatic heterocycles. The summed E-state index contributed by atoms with van der Waals surface area (Å²) in [5.74, 6) is 0.598. The van der Waals surface area contributed by atoms with Gasteiger partial charge in [-0.15, -0.1) is 10.2 Å². The molecule has 0 aliphatic rings. The number of nitrogens with two attached hydrogens (primary N) is 1. The van der Waals surface area contributed by atoms with Crippen molar-refractivity contribution in [1.29, 1.82) is 0 Å². The number of aryl methyl sites for hydroxylation is 1. The van der Waals surface area contributed by atoms with Gasteiger partial charge >= 0.3 is 0 Å². The molecule has 4 nitrogen and oxygen atoms in total. The number of nitrogens with zero attached hydrogens (tertiary/aromatic N) is 3. The maximum atomic E-state index is 13.4. The molecule has 108 valence electrons. The Morgan fingerprint density at radius 1 is 1.40 bits per heavy atom. The summed E-state index contributed by atoms with van der Waals surface area (Å²) in [5, 5.41) is 8.94. The van der Waals surface area contributed by atoms with Gasteiger partial charge in [0.05, 0.1) is 5.25 Å². The van der Waals surface area contributed by atoms with Crippen LogP contribution >= 0.6 is 11.8 Å². The number of benzene rings is 1. The predicted octanol–water partition coefficient (Wildman–Crippen LogP) is 2.83. The standard InChI is InChI=1S/C14H19FN4S/c1-4-12(16)13(10-6-5-7-11(15)8-10)20-14-18-17-9(2)19(14)3/h5-8,12-13H,4,16H2,1-3H3. The highest BCUT2D eigenvalue weighted by Gasteiger charge is 2.23. The molecular weight excluding hydrogens is 275 g/mol. The largest absolute Gasteiger partial charge is 0.326 e. The molecule has 2 rings (SSSR count). The SMILES string of the molecule is CCC(N)C(Sc1nnc(C)n1C)c1cccc(F)c1. The average molecular weight is 294 g/mol. The minimum atomic E-state index is -0.245. The first-order valence-corrected chi connectivity index (χ1v) is 7.44. The summed E-state index contributed by atoms with van der Waals surface area (Å²) in [5.41, 5.74) is 7.08. The second-order valence-electron chi connectivity index (χ2n) is 4.75. The van der Waals surface area contributed by atoms with Gasteiger partial charge in [0.2, 0.25) is 0 Å². The van der Waals surface area contributed by atoms with Gasteiger partial charge in [-0.2, -0.15) is 0 Å². The van der Waals surface area contributed by atoms with Crippen LogP contribution in [-0.4, -0.2) is 20.8 Å². The molecule has 0 radical (unpaired) electrons. The second kappa shape index (κ2) is 6.37. The highest BCUT2D eigenvalue weighted by Crippen LogP contribution is 2.37. The lowest BCUT2D eigenvalue weighted by molar-refractivity contribution is 0.608. The number of thioether (sulfide) groups is 1. The lowest BCUT2D eigenvalue weighted by Gasteiger charge is -2.22. The monoisotopic (exact) mass is 294 g/mol. The van der Waals surface area contributed by atoms with E-state index in [2.05, 4.69) is 10.2 Å². The average Bonchev–Trinajstić information content (AvgIpc) is 2.75. The molecule has 0 bridgehead atoms. The fourth-order valence-corrected chi connectivity index (χ4v) is 3.16. The molecule has 0 spiro atoms. The van der Waals surface area contributed by atoms with Crippen LogP contribution in [0.4, 0.5) is 4.39 Å². The van der Waals surface area contributed by atoms with Crippen LogP contribution in [0.15, 0.2) is 29.4 Å². The van der Waals surface area contributed by atoms with Gasteiger partial charge in [0.15, 0.2) is 5.16 Å². The van der Waals surface area contributed by atoms with E-state index in [0.717, 1.165) is 23.0 Å². The Bertz CT molecular complexity index is 584. The maximum absolute atomic E-state index is 13.4. The topological polar surface area (TPSA) is 56.7 Å². The zero-order valence-electron chi connectivity index (χ0n) is 11.9. The number of rotatable bonds is 5. The summed E-state index contributed by atoms with van der Waals surface area (Å²) in [6.45, 7) is 3.92. The van der Waals surface area contributed by atoms with Crippen molar-refractivity contribution >= 4 is 11.8 Å². The Morgan fingerprint density at radius 2 is 2.15 bits per heavy atom. The van der Waals surface area contributed by atoms with Crippen molar-refractivity contribution < 1.29 is 4.39 Å². The predicted molar refractivity (Wildman–Crippen MR) is 79.0 cm³/mol. The molecular formula is C14H19FN4S. The molecule has 1 heterocycles. The summed E-state index contributed by atoms with van der Waals surface area (Å²) in [6, 6.07) is 6.52. The van der Waals surface area contributed by atoms with Crippen LogP contribution in [0.3, 0.4) is 0 Å². The van der Waals surface area contributed by atoms with Gasteiger partial charge in [0, 0.05) is 13.1 Å². The molecule has 0 fully saturated rings. The number of aromatic nitrogens is 3. The number of hydrogen-bond donors (Lipinski definition) is 1. The third kappa shape index (κ3) is 3.19. The van der Waals surface area contributed by atoms with Gasteiger partial charge in [-0.3, -0.25) is 0 Å². The van der Waals surface area contributed by atoms with Gasteiger partial charge < -0.3 is 10.3 Å². The zero-order valence-corrected chi connectivity index (χ0v) is 12.7. The van der Waals surface area contributed by atoms with E-state index in [1.54, 1.807) is 6.07 Å². The molecule has 2 atom stereocenters. The van der Waals surface area contributed by atoms with E-state index in [1.165, 1.54) is 23.9 Å². The van der Waals surface area contributed by atoms with Crippen molar-refractivity contribution in [2.45, 2.75) is 36.7 Å². The lowest BCUT2D eigenvalue weighted by atomic mass is 10.0. The van der Waals surface area contributed by atoms with Crippen molar-refractivity contribution in [3.63, 3.8) is 0 Å². The van der Waals surface area contributed by atoms with Crippen LogP contribution in [-0.2, 0) is 7.05 Å². The highest BCUT2D eigenvalue weighted by molar-refractivity contribution is 7.99. The summed E-state index contributed by atoms with van der Waals surface area (Å²) in [6.07, 6.45) is 0.811. The fraction of sp³-hybridized carbons (Fsp3) is 0.429. The minimum absolute atomic E-state index is 0.0435. The number of hydrogen-bond acceptors (Lipinski definition) is 4. The molecule has 6 heteroatoms. The van der Waals surface area contributed by atoms with E-state index in [-0.39, 0.29) is 17.1 Å². The van der Waals surface area contributed by atoms with Crippen molar-refractivity contribution in [2.75, 3.05) is 0 Å². The Labute approximate surface area is 122 Å². The van der Waals surface area contributed by atoms with E-state index in [9.17, 15) is 4.39 Å². The van der Waals surface area contributed by atoms with Crippen LogP contribution < -0.4 is 5.73 Å². The van der Waals surface area contributed by atoms with Gasteiger partial charge in [-0.25, -0.2) is 4.39 Å². The van der Waals surface area contributed by atoms with Crippen LogP contribution in [0.2, 0.25) is 0 Å². The zero-order chi connectivity index (χ0) is 14.7. The van der Waals surface area contributed by atoms with Gasteiger partial charge in [0.1, 0.15) is 11.6 Å². The van der Waals surface area contributed by atoms with E-state index in [0.29, 0.717) is 0 Å². The van der Waals surface area contributed by atoms with Gasteiger partial charge in [-0.1, -0.05) is 30.8 Å². The van der Waals surface area contributed by atoms with E-state index in [4.69, 9.17) is 5.73 Å². The normalized spacial score (nSPS) is 14.2. The Kier molecular flexibility index (Phi) is 4.77. The molecule has 20 heavy (non-hydrogen) atoms. The van der Waals surface area contributed by atoms with E-state index >= 15 is 0 Å². The summed E-state index contributed by atoms with van der Waals surface area (Å²) in [7, 11) is 1.91. The van der Waals surface area contributed by atoms with Crippen LogP contribution in [0.25, 0.3) is 0 Å². The number of halogens is 1. The van der Waals surface area contributed by atoms with E-state index < -0.39 is 0 Å². The summed E-state index contributed by atoms with van der Waals surface area (Å²) >= 11 is 1.53. The smallest absolute Gasteiger partial charge is 0.191 e. The first kappa shape index (κ1) is 15.0. The first-order valence-electron chi connectivity index (χ1n) is 6.56. The Balaban J connectivity index is 2.31. The Morgan fingerprint density at radius 3 is 2.70 bits per heavy atom. The Hall–Kier alpha value is -1.40. The van der Waals surface area contributed by atoms with Crippen molar-refractivity contribution in [1.82, 2.24) is 14.8 Å². The molecule has 1 aromatic carbocycles. The van der Waals surface area contributed by atoms with E-state index in [1.807, 2.05) is 31.5 Å². The molecule has 0 saturated carbocycles. The lowest BCUT2D eigenvalue weighted by Crippen LogP contribution is -2.26. The highest BCUT2D eigenvalue weighted by atomic mass is 32.2. The first-order chi connectivity index (χ1) is 9.52. The molecule has 0 aliphatic heterocycles. The summed E-state index contributed by atoms with van der Waals surface area (Å²) in [4.78, 5) is 0. The molecule has 0 aliphatic carbocycles. The van der Waals surface area contributed by atoms with Crippen LogP contribution in [0.1, 0.15) is 30.0 Å². The van der Waals surface area contributed by atoms with Gasteiger partial charge in [0.25, 0.3) is 0 Å². The molecule has 2 unspecified atom stereocenters.